The van der Waals surface area contributed by atoms with Gasteiger partial charge in [-0.3, -0.25) is 0 Å². The van der Waals surface area contributed by atoms with Crippen LogP contribution in [0, 0.1) is 0 Å². The van der Waals surface area contributed by atoms with Crippen LogP contribution in [0.1, 0.15) is 6.42 Å². The van der Waals surface area contributed by atoms with Crippen LogP contribution < -0.4 is 24.8 Å². The minimum Gasteiger partial charge on any atom is -1.00 e. The molecule has 0 saturated heterocycles. The molecule has 0 aromatic rings. The molecule has 98 valence electrons. The van der Waals surface area contributed by atoms with E-state index in [-0.39, 0.29) is 51.0 Å². The van der Waals surface area contributed by atoms with Crippen molar-refractivity contribution in [3.63, 3.8) is 0 Å². The van der Waals surface area contributed by atoms with Crippen molar-refractivity contribution in [2.75, 3.05) is 0 Å². The summed E-state index contributed by atoms with van der Waals surface area (Å²) < 4.78 is 0. The summed E-state index contributed by atoms with van der Waals surface area (Å²) in [5, 5.41) is 6.03. The Labute approximate surface area is 154 Å². The first-order valence-electron chi connectivity index (χ1n) is 5.74. The van der Waals surface area contributed by atoms with Crippen LogP contribution in [0.25, 0.3) is 0 Å². The Balaban J connectivity index is 0.000000667. The van der Waals surface area contributed by atoms with Gasteiger partial charge in [-0.25, -0.2) is 0 Å². The summed E-state index contributed by atoms with van der Waals surface area (Å²) in [7, 11) is 2.82. The van der Waals surface area contributed by atoms with Crippen LogP contribution in [0.3, 0.4) is 0 Å². The van der Waals surface area contributed by atoms with Gasteiger partial charge in [-0.05, 0) is 46.0 Å². The summed E-state index contributed by atoms with van der Waals surface area (Å²) in [6.45, 7) is 0. The summed E-state index contributed by atoms with van der Waals surface area (Å²) in [5.74, 6) is 0. The van der Waals surface area contributed by atoms with Crippen molar-refractivity contribution in [3.05, 3.63) is 70.4 Å². The molecule has 0 N–H and O–H groups in total. The fourth-order valence-corrected chi connectivity index (χ4v) is 4.90. The second kappa shape index (κ2) is 7.49. The Bertz CT molecular complexity index is 616. The van der Waals surface area contributed by atoms with Crippen LogP contribution >= 0.6 is 16.4 Å². The number of hydrogen-bond acceptors (Lipinski definition) is 0. The van der Waals surface area contributed by atoms with Gasteiger partial charge in [0.15, 0.2) is 0 Å². The third-order valence-electron chi connectivity index (χ3n) is 3.19. The van der Waals surface area contributed by atoms with Gasteiger partial charge in [-0.15, -0.1) is 0 Å². The third-order valence-corrected chi connectivity index (χ3v) is 5.63. The molecule has 0 radical (unpaired) electrons. The van der Waals surface area contributed by atoms with E-state index in [0.29, 0.717) is 0 Å². The largest absolute Gasteiger partial charge is 2.00 e. The molecule has 0 amide bonds. The number of allylic oxidation sites excluding steroid dienone is 12. The van der Waals surface area contributed by atoms with Gasteiger partial charge < -0.3 is 24.8 Å². The smallest absolute Gasteiger partial charge is 1.00 e. The van der Waals surface area contributed by atoms with E-state index in [1.54, 1.807) is 10.6 Å². The van der Waals surface area contributed by atoms with Gasteiger partial charge in [0.1, 0.15) is 0 Å². The molecular formula is C15H10Cl2P2Zr. The number of halogens is 2. The van der Waals surface area contributed by atoms with Crippen molar-refractivity contribution in [2.45, 2.75) is 6.42 Å². The Hall–Kier alpha value is 0.243. The van der Waals surface area contributed by atoms with E-state index in [2.05, 4.69) is 48.6 Å². The second-order valence-electron chi connectivity index (χ2n) is 4.40. The summed E-state index contributed by atoms with van der Waals surface area (Å²) in [5.41, 5.74) is 2.84. The topological polar surface area (TPSA) is 0 Å². The fraction of sp³-hybridized carbons (Fsp3) is 0.0667. The molecule has 4 aliphatic rings. The zero-order valence-corrected chi connectivity index (χ0v) is 16.2. The van der Waals surface area contributed by atoms with Crippen LogP contribution in [-0.2, 0) is 26.2 Å². The predicted molar refractivity (Wildman–Crippen MR) is 79.1 cm³/mol. The van der Waals surface area contributed by atoms with Crippen molar-refractivity contribution in [2.24, 2.45) is 0 Å². The van der Waals surface area contributed by atoms with Crippen molar-refractivity contribution in [3.8, 4) is 0 Å². The normalized spacial score (nSPS) is 21.0. The first-order valence-corrected chi connectivity index (χ1v) is 7.53. The van der Waals surface area contributed by atoms with Crippen molar-refractivity contribution < 1.29 is 51.0 Å². The predicted octanol–water partition coefficient (Wildman–Crippen LogP) is -1.59. The molecule has 0 aromatic carbocycles. The molecule has 0 bridgehead atoms. The van der Waals surface area contributed by atoms with E-state index in [0.717, 1.165) is 6.42 Å². The maximum atomic E-state index is 2.36. The molecule has 0 nitrogen and oxygen atoms in total. The Kier molecular flexibility index (Phi) is 6.85. The van der Waals surface area contributed by atoms with Gasteiger partial charge in [0.05, 0.1) is 0 Å². The summed E-state index contributed by atoms with van der Waals surface area (Å²) in [6.07, 6.45) is 19.0. The molecule has 0 saturated carbocycles. The average Bonchev–Trinajstić information content (AvgIpc) is 2.93. The van der Waals surface area contributed by atoms with Crippen LogP contribution in [0.2, 0.25) is 0 Å². The van der Waals surface area contributed by atoms with Gasteiger partial charge in [-0.1, -0.05) is 40.7 Å². The molecule has 0 spiro atoms. The van der Waals surface area contributed by atoms with E-state index >= 15 is 0 Å². The number of hydrogen-bond donors (Lipinski definition) is 0. The minimum atomic E-state index is 0. The van der Waals surface area contributed by atoms with Gasteiger partial charge in [0, 0.05) is 17.0 Å². The Morgan fingerprint density at radius 1 is 0.750 bits per heavy atom. The van der Waals surface area contributed by atoms with E-state index in [1.807, 2.05) is 0 Å². The van der Waals surface area contributed by atoms with E-state index in [4.69, 9.17) is 0 Å². The molecule has 4 rings (SSSR count). The van der Waals surface area contributed by atoms with E-state index < -0.39 is 0 Å². The molecule has 0 unspecified atom stereocenters. The first kappa shape index (κ1) is 18.3. The van der Waals surface area contributed by atoms with Gasteiger partial charge in [0.25, 0.3) is 0 Å². The van der Waals surface area contributed by atoms with Crippen LogP contribution in [0.15, 0.2) is 70.4 Å². The summed E-state index contributed by atoms with van der Waals surface area (Å²) in [6, 6.07) is 0. The standard InChI is InChI=1S/C15H10P2.2ClH.Zr/c1-3-10-7-12(16-14(10)5-1)9-13-8-11-4-2-6-15(11)17-13;;;/h1-8H,9H2;2*1H;/q;;;+2/p-2. The van der Waals surface area contributed by atoms with E-state index in [1.165, 1.54) is 38.2 Å². The van der Waals surface area contributed by atoms with Gasteiger partial charge >= 0.3 is 26.2 Å². The zero-order valence-electron chi connectivity index (χ0n) is 10.5. The summed E-state index contributed by atoms with van der Waals surface area (Å²) in [4.78, 5) is 0. The van der Waals surface area contributed by atoms with Crippen molar-refractivity contribution in [1.82, 2.24) is 0 Å². The molecule has 2 aliphatic carbocycles. The molecule has 0 fully saturated rings. The van der Waals surface area contributed by atoms with Crippen molar-refractivity contribution >= 4 is 27.0 Å². The monoisotopic (exact) mass is 412 g/mol. The Morgan fingerprint density at radius 3 is 1.60 bits per heavy atom. The number of rotatable bonds is 2. The molecule has 2 heterocycles. The minimum absolute atomic E-state index is 0. The van der Waals surface area contributed by atoms with Crippen LogP contribution in [0.4, 0.5) is 0 Å². The third kappa shape index (κ3) is 3.35. The zero-order chi connectivity index (χ0) is 11.2. The van der Waals surface area contributed by atoms with Gasteiger partial charge in [-0.2, -0.15) is 0 Å². The van der Waals surface area contributed by atoms with Crippen LogP contribution in [-0.4, -0.2) is 10.6 Å². The first-order chi connectivity index (χ1) is 8.38. The quantitative estimate of drug-likeness (QED) is 0.478. The molecule has 5 heteroatoms. The fourth-order valence-electron chi connectivity index (χ4n) is 2.40. The van der Waals surface area contributed by atoms with Gasteiger partial charge in [0.2, 0.25) is 0 Å². The molecular weight excluding hydrogens is 404 g/mol. The average molecular weight is 414 g/mol. The maximum absolute atomic E-state index is 2.36. The number of fused-ring (bicyclic) bond motifs is 2. The van der Waals surface area contributed by atoms with E-state index in [9.17, 15) is 0 Å². The molecule has 20 heavy (non-hydrogen) atoms. The van der Waals surface area contributed by atoms with Crippen LogP contribution in [0.5, 0.6) is 0 Å². The van der Waals surface area contributed by atoms with Crippen molar-refractivity contribution in [1.29, 1.82) is 0 Å². The Morgan fingerprint density at radius 2 is 1.20 bits per heavy atom. The molecule has 2 aliphatic heterocycles. The molecule has 0 aromatic heterocycles. The maximum Gasteiger partial charge on any atom is 2.00 e. The summed E-state index contributed by atoms with van der Waals surface area (Å²) >= 11 is 0. The molecule has 0 atom stereocenters. The SMILES string of the molecule is C1=CC2=CC(CC3=PC4=CC=CC4=C3)=PC2=C1.[Cl-].[Cl-].[Zr+2]. The second-order valence-corrected chi connectivity index (χ2v) is 6.96.